The lowest BCUT2D eigenvalue weighted by Gasteiger charge is -2.10. The number of aromatic nitrogens is 5. The van der Waals surface area contributed by atoms with Gasteiger partial charge in [-0.2, -0.15) is 4.68 Å². The molecule has 0 fully saturated rings. The second kappa shape index (κ2) is 6.92. The number of nitrogens with zero attached hydrogens (tertiary/aromatic N) is 4. The molecule has 1 aromatic carbocycles. The standard InChI is InChI=1S/C21H22N6O/c1-4-10-26-21(28)27-19(25-26)17(16-11-13(2)23-14(3)12-16)18(24-20(27)22)15-8-6-5-7-9-15/h5-9,11-12H,4,10H2,1-3H3,(H2,22,24)/p+1. The average molecular weight is 375 g/mol. The van der Waals surface area contributed by atoms with E-state index in [1.165, 1.54) is 9.08 Å². The fourth-order valence-corrected chi connectivity index (χ4v) is 3.58. The summed E-state index contributed by atoms with van der Waals surface area (Å²) < 4.78 is 2.92. The van der Waals surface area contributed by atoms with Gasteiger partial charge in [-0.1, -0.05) is 37.3 Å². The van der Waals surface area contributed by atoms with Crippen LogP contribution in [0.4, 0.5) is 5.95 Å². The quantitative estimate of drug-likeness (QED) is 0.593. The van der Waals surface area contributed by atoms with Crippen molar-refractivity contribution in [2.24, 2.45) is 0 Å². The van der Waals surface area contributed by atoms with Crippen molar-refractivity contribution >= 4 is 11.6 Å². The molecule has 28 heavy (non-hydrogen) atoms. The highest BCUT2D eigenvalue weighted by molar-refractivity contribution is 5.88. The third-order valence-electron chi connectivity index (χ3n) is 4.67. The van der Waals surface area contributed by atoms with Crippen molar-refractivity contribution in [2.75, 3.05) is 5.73 Å². The van der Waals surface area contributed by atoms with Gasteiger partial charge in [0.25, 0.3) is 0 Å². The van der Waals surface area contributed by atoms with Crippen LogP contribution >= 0.6 is 0 Å². The number of hydrogen-bond acceptors (Lipinski definition) is 4. The van der Waals surface area contributed by atoms with E-state index in [2.05, 4.69) is 15.1 Å². The normalized spacial score (nSPS) is 11.2. The van der Waals surface area contributed by atoms with E-state index in [1.54, 1.807) is 0 Å². The predicted octanol–water partition coefficient (Wildman–Crippen LogP) is 2.65. The van der Waals surface area contributed by atoms with Crippen LogP contribution < -0.4 is 16.4 Å². The Morgan fingerprint density at radius 2 is 1.75 bits per heavy atom. The first-order valence-corrected chi connectivity index (χ1v) is 9.35. The lowest BCUT2D eigenvalue weighted by Crippen LogP contribution is -2.27. The van der Waals surface area contributed by atoms with E-state index in [9.17, 15) is 4.79 Å². The molecular weight excluding hydrogens is 352 g/mol. The van der Waals surface area contributed by atoms with E-state index in [-0.39, 0.29) is 11.6 Å². The molecule has 0 amide bonds. The summed E-state index contributed by atoms with van der Waals surface area (Å²) in [5, 5.41) is 4.63. The van der Waals surface area contributed by atoms with Gasteiger partial charge in [0.15, 0.2) is 0 Å². The zero-order chi connectivity index (χ0) is 19.8. The maximum atomic E-state index is 12.9. The molecule has 4 rings (SSSR count). The Kier molecular flexibility index (Phi) is 4.43. The van der Waals surface area contributed by atoms with Gasteiger partial charge < -0.3 is 0 Å². The highest BCUT2D eigenvalue weighted by atomic mass is 16.2. The SMILES string of the molecule is CCCn1nc2c(-c3cc(C)nc(C)c3)c(-c3ccccc3)[nH+]c(N)n2c1=O. The van der Waals surface area contributed by atoms with Gasteiger partial charge in [-0.25, -0.2) is 9.78 Å². The van der Waals surface area contributed by atoms with E-state index in [0.717, 1.165) is 40.2 Å². The van der Waals surface area contributed by atoms with Gasteiger partial charge in [-0.05, 0) is 38.0 Å². The molecule has 0 unspecified atom stereocenters. The monoisotopic (exact) mass is 375 g/mol. The summed E-state index contributed by atoms with van der Waals surface area (Å²) in [5.41, 5.74) is 11.9. The molecule has 0 aliphatic carbocycles. The van der Waals surface area contributed by atoms with Crippen molar-refractivity contribution in [2.45, 2.75) is 33.7 Å². The first-order chi connectivity index (χ1) is 13.5. The highest BCUT2D eigenvalue weighted by Crippen LogP contribution is 2.32. The zero-order valence-corrected chi connectivity index (χ0v) is 16.2. The lowest BCUT2D eigenvalue weighted by molar-refractivity contribution is -0.351. The van der Waals surface area contributed by atoms with Crippen LogP contribution in [-0.2, 0) is 6.54 Å². The lowest BCUT2D eigenvalue weighted by atomic mass is 9.99. The number of anilines is 1. The van der Waals surface area contributed by atoms with Gasteiger partial charge in [0.2, 0.25) is 5.65 Å². The third-order valence-corrected chi connectivity index (χ3v) is 4.67. The molecular formula is C21H23N6O+. The molecule has 7 nitrogen and oxygen atoms in total. The van der Waals surface area contributed by atoms with E-state index < -0.39 is 0 Å². The Bertz CT molecular complexity index is 1200. The molecule has 4 aromatic rings. The minimum atomic E-state index is -0.242. The molecule has 142 valence electrons. The van der Waals surface area contributed by atoms with Crippen LogP contribution in [0.3, 0.4) is 0 Å². The molecule has 0 aliphatic rings. The molecule has 0 radical (unpaired) electrons. The average Bonchev–Trinajstić information content (AvgIpc) is 2.98. The number of aromatic amines is 1. The number of nitrogens with one attached hydrogen (secondary N) is 1. The predicted molar refractivity (Wildman–Crippen MR) is 109 cm³/mol. The van der Waals surface area contributed by atoms with Crippen LogP contribution in [0.25, 0.3) is 28.0 Å². The van der Waals surface area contributed by atoms with Gasteiger partial charge >= 0.3 is 11.6 Å². The number of pyridine rings is 1. The summed E-state index contributed by atoms with van der Waals surface area (Å²) in [6.07, 6.45) is 0.807. The molecule has 3 heterocycles. The van der Waals surface area contributed by atoms with E-state index in [4.69, 9.17) is 5.73 Å². The maximum absolute atomic E-state index is 12.9. The molecule has 3 aromatic heterocycles. The van der Waals surface area contributed by atoms with Gasteiger partial charge in [0.1, 0.15) is 5.69 Å². The summed E-state index contributed by atoms with van der Waals surface area (Å²) in [7, 11) is 0. The van der Waals surface area contributed by atoms with Gasteiger partial charge in [0, 0.05) is 23.5 Å². The second-order valence-electron chi connectivity index (χ2n) is 6.93. The summed E-state index contributed by atoms with van der Waals surface area (Å²) in [4.78, 5) is 20.6. The van der Waals surface area contributed by atoms with Crippen molar-refractivity contribution in [1.29, 1.82) is 0 Å². The van der Waals surface area contributed by atoms with Crippen molar-refractivity contribution in [3.8, 4) is 22.4 Å². The number of benzene rings is 1. The smallest absolute Gasteiger partial charge is 0.290 e. The molecule has 0 atom stereocenters. The first kappa shape index (κ1) is 17.9. The molecule has 0 aliphatic heterocycles. The maximum Gasteiger partial charge on any atom is 0.411 e. The number of nitrogens with two attached hydrogens (primary N) is 1. The number of rotatable bonds is 4. The van der Waals surface area contributed by atoms with Crippen LogP contribution in [0.5, 0.6) is 0 Å². The number of aryl methyl sites for hydroxylation is 3. The Morgan fingerprint density at radius 3 is 2.39 bits per heavy atom. The largest absolute Gasteiger partial charge is 0.411 e. The molecule has 0 spiro atoms. The van der Waals surface area contributed by atoms with Crippen LogP contribution in [0.15, 0.2) is 47.3 Å². The van der Waals surface area contributed by atoms with Crippen molar-refractivity contribution in [3.05, 3.63) is 64.3 Å². The van der Waals surface area contributed by atoms with Crippen LogP contribution in [0.2, 0.25) is 0 Å². The number of fused-ring (bicyclic) bond motifs is 1. The zero-order valence-electron chi connectivity index (χ0n) is 16.2. The summed E-state index contributed by atoms with van der Waals surface area (Å²) in [6.45, 7) is 6.46. The minimum absolute atomic E-state index is 0.242. The Labute approximate surface area is 162 Å². The van der Waals surface area contributed by atoms with Gasteiger partial charge in [-0.15, -0.1) is 9.50 Å². The molecule has 0 saturated heterocycles. The molecule has 0 saturated carbocycles. The summed E-state index contributed by atoms with van der Waals surface area (Å²) in [6, 6.07) is 13.9. The number of nitrogen functional groups attached to an aromatic ring is 1. The molecule has 7 heteroatoms. The first-order valence-electron chi connectivity index (χ1n) is 9.35. The van der Waals surface area contributed by atoms with Crippen molar-refractivity contribution in [1.82, 2.24) is 19.2 Å². The molecule has 3 N–H and O–H groups in total. The topological polar surface area (TPSA) is 92.3 Å². The van der Waals surface area contributed by atoms with Gasteiger partial charge in [0.05, 0.1) is 5.56 Å². The van der Waals surface area contributed by atoms with Crippen molar-refractivity contribution < 1.29 is 4.98 Å². The number of hydrogen-bond donors (Lipinski definition) is 1. The highest BCUT2D eigenvalue weighted by Gasteiger charge is 2.25. The summed E-state index contributed by atoms with van der Waals surface area (Å²) >= 11 is 0. The van der Waals surface area contributed by atoms with E-state index >= 15 is 0 Å². The number of H-pyrrole nitrogens is 1. The van der Waals surface area contributed by atoms with Gasteiger partial charge in [-0.3, -0.25) is 10.7 Å². The van der Waals surface area contributed by atoms with E-state index in [0.29, 0.717) is 12.2 Å². The second-order valence-corrected chi connectivity index (χ2v) is 6.93. The van der Waals surface area contributed by atoms with Crippen molar-refractivity contribution in [3.63, 3.8) is 0 Å². The van der Waals surface area contributed by atoms with Crippen LogP contribution in [0, 0.1) is 13.8 Å². The Balaban J connectivity index is 2.15. The minimum Gasteiger partial charge on any atom is -0.290 e. The summed E-state index contributed by atoms with van der Waals surface area (Å²) in [5.74, 6) is 0.257. The molecule has 0 bridgehead atoms. The third kappa shape index (κ3) is 2.94. The fraction of sp³-hybridized carbons (Fsp3) is 0.238. The Morgan fingerprint density at radius 1 is 1.07 bits per heavy atom. The van der Waals surface area contributed by atoms with Crippen LogP contribution in [0.1, 0.15) is 24.7 Å². The Hall–Kier alpha value is -3.48. The van der Waals surface area contributed by atoms with Crippen LogP contribution in [-0.4, -0.2) is 19.2 Å². The van der Waals surface area contributed by atoms with E-state index in [1.807, 2.05) is 63.2 Å². The fourth-order valence-electron chi connectivity index (χ4n) is 3.58.